The number of rotatable bonds is 9. The average molecular weight is 613 g/mol. The van der Waals surface area contributed by atoms with E-state index in [9.17, 15) is 29.7 Å². The zero-order valence-corrected chi connectivity index (χ0v) is 24.5. The minimum atomic E-state index is -1.59. The maximum absolute atomic E-state index is 15.6. The largest absolute Gasteiger partial charge is 0.519 e. The third-order valence-electron chi connectivity index (χ3n) is 7.44. The van der Waals surface area contributed by atoms with Crippen molar-refractivity contribution >= 4 is 35.4 Å². The molecule has 0 radical (unpaired) electrons. The van der Waals surface area contributed by atoms with E-state index in [4.69, 9.17) is 29.9 Å². The van der Waals surface area contributed by atoms with Crippen molar-refractivity contribution in [3.8, 4) is 0 Å². The molecule has 3 heterocycles. The molecule has 4 N–H and O–H groups in total. The molecular formula is C25H38ClFN2O10S. The number of amides is 2. The van der Waals surface area contributed by atoms with E-state index in [0.717, 1.165) is 16.7 Å². The van der Waals surface area contributed by atoms with Crippen molar-refractivity contribution in [1.29, 1.82) is 0 Å². The highest BCUT2D eigenvalue weighted by molar-refractivity contribution is 7.99. The molecule has 2 fully saturated rings. The van der Waals surface area contributed by atoms with Crippen LogP contribution in [-0.2, 0) is 20.9 Å². The number of nitrogens with zero attached hydrogens (tertiary/aromatic N) is 1. The van der Waals surface area contributed by atoms with Crippen LogP contribution in [0.4, 0.5) is 9.18 Å². The summed E-state index contributed by atoms with van der Waals surface area (Å²) in [6.45, 7) is 4.31. The maximum Gasteiger partial charge on any atom is 0.519 e. The van der Waals surface area contributed by atoms with Gasteiger partial charge in [0.2, 0.25) is 5.91 Å². The first-order valence-electron chi connectivity index (χ1n) is 13.2. The molecule has 1 aromatic rings. The second-order valence-corrected chi connectivity index (χ2v) is 11.9. The van der Waals surface area contributed by atoms with Gasteiger partial charge < -0.3 is 38.9 Å². The van der Waals surface area contributed by atoms with Gasteiger partial charge in [0.05, 0.1) is 11.4 Å². The number of aliphatic hydroxyl groups excluding tert-OH is 3. The zero-order valence-electron chi connectivity index (χ0n) is 22.9. The smallest absolute Gasteiger partial charge is 0.441 e. The summed E-state index contributed by atoms with van der Waals surface area (Å²) in [6.07, 6.45) is -4.15. The van der Waals surface area contributed by atoms with Gasteiger partial charge in [0, 0.05) is 6.54 Å². The van der Waals surface area contributed by atoms with Crippen molar-refractivity contribution in [2.45, 2.75) is 112 Å². The Kier molecular flexibility index (Phi) is 11.3. The number of hydrogen-bond donors (Lipinski definition) is 4. The summed E-state index contributed by atoms with van der Waals surface area (Å²) in [6, 6.07) is -2.21. The fourth-order valence-corrected chi connectivity index (χ4v) is 6.03. The highest BCUT2D eigenvalue weighted by Gasteiger charge is 2.49. The van der Waals surface area contributed by atoms with E-state index in [1.54, 1.807) is 13.2 Å². The maximum atomic E-state index is 15.6. The number of likely N-dealkylation sites (tertiary alicyclic amines) is 1. The van der Waals surface area contributed by atoms with Crippen molar-refractivity contribution in [3.05, 3.63) is 22.1 Å². The summed E-state index contributed by atoms with van der Waals surface area (Å²) in [4.78, 5) is 39.3. The number of aliphatic hydroxyl groups is 3. The number of nitrogens with one attached hydrogen (secondary N) is 1. The predicted octanol–water partition coefficient (Wildman–Crippen LogP) is 1.82. The van der Waals surface area contributed by atoms with E-state index in [-0.39, 0.29) is 43.7 Å². The monoisotopic (exact) mass is 612 g/mol. The van der Waals surface area contributed by atoms with Crippen LogP contribution in [0.3, 0.4) is 0 Å². The number of halogens is 2. The van der Waals surface area contributed by atoms with Crippen LogP contribution >= 0.6 is 23.4 Å². The minimum absolute atomic E-state index is 0.00329. The predicted molar refractivity (Wildman–Crippen MR) is 143 cm³/mol. The molecule has 1 aromatic heterocycles. The van der Waals surface area contributed by atoms with Gasteiger partial charge in [-0.1, -0.05) is 13.3 Å². The fourth-order valence-electron chi connectivity index (χ4n) is 5.14. The Bertz CT molecular complexity index is 1070. The number of carbonyl (C=O) groups is 2. The molecule has 12 nitrogen and oxygen atoms in total. The lowest BCUT2D eigenvalue weighted by atomic mass is 9.90. The van der Waals surface area contributed by atoms with E-state index >= 15 is 4.39 Å². The number of thioether (sulfide) groups is 1. The molecule has 2 aliphatic heterocycles. The van der Waals surface area contributed by atoms with Crippen LogP contribution in [-0.4, -0.2) is 98.0 Å². The number of carbonyl (C=O) groups excluding carboxylic acids is 2. The third kappa shape index (κ3) is 7.51. The van der Waals surface area contributed by atoms with Gasteiger partial charge in [0.25, 0.3) is 0 Å². The molecule has 2 unspecified atom stereocenters. The van der Waals surface area contributed by atoms with Crippen LogP contribution in [0.15, 0.2) is 13.6 Å². The molecule has 228 valence electrons. The van der Waals surface area contributed by atoms with Crippen LogP contribution in [0.2, 0.25) is 0 Å². The highest BCUT2D eigenvalue weighted by Crippen LogP contribution is 2.35. The molecule has 0 saturated carbocycles. The summed E-state index contributed by atoms with van der Waals surface area (Å²) >= 11 is 7.50. The Morgan fingerprint density at radius 3 is 2.52 bits per heavy atom. The van der Waals surface area contributed by atoms with Crippen LogP contribution in [0.1, 0.15) is 57.5 Å². The van der Waals surface area contributed by atoms with Crippen molar-refractivity contribution in [3.63, 3.8) is 0 Å². The lowest BCUT2D eigenvalue weighted by molar-refractivity contribution is -0.205. The Labute approximate surface area is 240 Å². The first-order valence-corrected chi connectivity index (χ1v) is 14.9. The van der Waals surface area contributed by atoms with Gasteiger partial charge in [-0.05, 0) is 45.8 Å². The van der Waals surface area contributed by atoms with Gasteiger partial charge in [-0.2, -0.15) is 0 Å². The summed E-state index contributed by atoms with van der Waals surface area (Å²) in [5.41, 5.74) is -2.49. The van der Waals surface area contributed by atoms with Gasteiger partial charge >= 0.3 is 11.9 Å². The van der Waals surface area contributed by atoms with Gasteiger partial charge in [-0.15, -0.1) is 23.4 Å². The molecule has 2 amide bonds. The van der Waals surface area contributed by atoms with Crippen molar-refractivity contribution in [1.82, 2.24) is 10.2 Å². The van der Waals surface area contributed by atoms with Gasteiger partial charge in [-0.25, -0.2) is 14.0 Å². The summed E-state index contributed by atoms with van der Waals surface area (Å²) in [5, 5.41) is 33.1. The first-order chi connectivity index (χ1) is 18.8. The lowest BCUT2D eigenvalue weighted by Gasteiger charge is -2.44. The molecule has 40 heavy (non-hydrogen) atoms. The van der Waals surface area contributed by atoms with Crippen molar-refractivity contribution in [2.75, 3.05) is 12.8 Å². The third-order valence-corrected chi connectivity index (χ3v) is 8.56. The quantitative estimate of drug-likeness (QED) is 0.300. The Balaban J connectivity index is 1.82. The zero-order chi connectivity index (χ0) is 29.8. The molecule has 3 rings (SSSR count). The van der Waals surface area contributed by atoms with Gasteiger partial charge in [0.1, 0.15) is 41.6 Å². The van der Waals surface area contributed by atoms with E-state index in [2.05, 4.69) is 5.32 Å². The Morgan fingerprint density at radius 2 is 1.95 bits per heavy atom. The molecule has 0 spiro atoms. The topological polar surface area (TPSA) is 172 Å². The second-order valence-electron chi connectivity index (χ2n) is 10.3. The molecule has 15 heteroatoms. The van der Waals surface area contributed by atoms with Crippen molar-refractivity contribution < 1.29 is 47.6 Å². The summed E-state index contributed by atoms with van der Waals surface area (Å²) in [7, 11) is 0. The number of alkyl halides is 2. The van der Waals surface area contributed by atoms with Crippen LogP contribution in [0, 0.1) is 6.92 Å². The number of aryl methyl sites for hydroxylation is 1. The van der Waals surface area contributed by atoms with Crippen LogP contribution < -0.4 is 11.1 Å². The van der Waals surface area contributed by atoms with Crippen LogP contribution in [0.5, 0.6) is 0 Å². The average Bonchev–Trinajstić information content (AvgIpc) is 3.11. The van der Waals surface area contributed by atoms with Crippen LogP contribution in [0.25, 0.3) is 0 Å². The molecular weight excluding hydrogens is 575 g/mol. The molecule has 2 saturated heterocycles. The Morgan fingerprint density at radius 1 is 1.25 bits per heavy atom. The van der Waals surface area contributed by atoms with Gasteiger partial charge in [-0.3, -0.25) is 9.69 Å². The summed E-state index contributed by atoms with van der Waals surface area (Å²) < 4.78 is 36.3. The second kappa shape index (κ2) is 13.9. The normalized spacial score (nSPS) is 32.7. The first kappa shape index (κ1) is 32.7. The van der Waals surface area contributed by atoms with E-state index in [0.29, 0.717) is 6.42 Å². The number of hydrogen-bond acceptors (Lipinski definition) is 11. The Hall–Kier alpha value is -1.84. The molecule has 0 aliphatic carbocycles. The van der Waals surface area contributed by atoms with Gasteiger partial charge in [0.15, 0.2) is 18.1 Å². The number of ether oxygens (including phenoxy) is 2. The van der Waals surface area contributed by atoms with E-state index in [1.807, 2.05) is 6.92 Å². The van der Waals surface area contributed by atoms with E-state index < -0.39 is 77.4 Å². The molecule has 0 aromatic carbocycles. The van der Waals surface area contributed by atoms with E-state index in [1.165, 1.54) is 6.92 Å². The highest BCUT2D eigenvalue weighted by atomic mass is 35.5. The molecule has 2 aliphatic rings. The SMILES string of the molecule is CCCC1(F)CCC(C(=O)N[C@@H]([C@H]2O[C@H](SC)[C@H](O)[C@@H](O)[C@H]2O)[C@H](C)Cl)N(C(=O)OCc2oc(=O)oc2C)CC1. The summed E-state index contributed by atoms with van der Waals surface area (Å²) in [5.74, 6) is -1.50. The minimum Gasteiger partial charge on any atom is -0.441 e. The fraction of sp³-hybridized carbons (Fsp3) is 0.800. The van der Waals surface area contributed by atoms with Crippen molar-refractivity contribution in [2.24, 2.45) is 0 Å². The standard InChI is InChI=1S/C25H38ClFN2O10S/c1-5-7-25(27)8-6-14(29(10-9-25)23(34)36-11-15-13(3)37-24(35)38-15)21(33)28-16(12(2)26)20-18(31)17(30)19(32)22(39-20)40-4/h12,14,16-20,22,30-32H,5-11H2,1-4H3,(H,28,33)/t12-,14?,16+,17-,18+,19+,20+,22+,25?/m0/s1. The lowest BCUT2D eigenvalue weighted by Crippen LogP contribution is -2.65. The molecule has 9 atom stereocenters. The molecule has 0 bridgehead atoms.